The molecule has 1 heterocycles. The molecule has 32 heavy (non-hydrogen) atoms. The van der Waals surface area contributed by atoms with Gasteiger partial charge >= 0.3 is 0 Å². The van der Waals surface area contributed by atoms with Gasteiger partial charge in [-0.2, -0.15) is 0 Å². The van der Waals surface area contributed by atoms with E-state index in [9.17, 15) is 14.4 Å². The fourth-order valence-electron chi connectivity index (χ4n) is 3.40. The summed E-state index contributed by atoms with van der Waals surface area (Å²) in [4.78, 5) is 41.3. The Hall–Kier alpha value is -3.19. The molecule has 2 aromatic carbocycles. The van der Waals surface area contributed by atoms with Crippen molar-refractivity contribution in [3.8, 4) is 0 Å². The Balaban J connectivity index is 1.47. The number of anilines is 1. The van der Waals surface area contributed by atoms with Crippen LogP contribution in [0, 0.1) is 5.41 Å². The second-order valence-electron chi connectivity index (χ2n) is 9.12. The normalized spacial score (nSPS) is 14.7. The number of hydrogen-bond donors (Lipinski definition) is 2. The molecule has 2 aromatic rings. The van der Waals surface area contributed by atoms with E-state index >= 15 is 0 Å². The first-order chi connectivity index (χ1) is 15.2. The number of nitrogens with one attached hydrogen (secondary N) is 2. The highest BCUT2D eigenvalue weighted by Crippen LogP contribution is 2.19. The standard InChI is InChI=1S/C25H32N4O3/c1-25(2,3)24(32)27-21-11-7-10-20(16-21)23(31)29-14-12-28(13-15-29)18-22(30)26-17-19-8-5-4-6-9-19/h4-11,16H,12-15,17-18H2,1-3H3,(H,26,30)(H,27,32). The summed E-state index contributed by atoms with van der Waals surface area (Å²) in [6.07, 6.45) is 0. The summed E-state index contributed by atoms with van der Waals surface area (Å²) >= 11 is 0. The second-order valence-corrected chi connectivity index (χ2v) is 9.12. The van der Waals surface area contributed by atoms with E-state index < -0.39 is 5.41 Å². The van der Waals surface area contributed by atoms with Crippen LogP contribution in [0.5, 0.6) is 0 Å². The third kappa shape index (κ3) is 6.65. The lowest BCUT2D eigenvalue weighted by Crippen LogP contribution is -2.51. The number of carbonyl (C=O) groups excluding carboxylic acids is 3. The number of rotatable bonds is 6. The molecule has 1 fully saturated rings. The Morgan fingerprint density at radius 3 is 2.25 bits per heavy atom. The fourth-order valence-corrected chi connectivity index (χ4v) is 3.40. The third-order valence-electron chi connectivity index (χ3n) is 5.41. The summed E-state index contributed by atoms with van der Waals surface area (Å²) < 4.78 is 0. The fraction of sp³-hybridized carbons (Fsp3) is 0.400. The molecular formula is C25H32N4O3. The van der Waals surface area contributed by atoms with Crippen LogP contribution in [0.3, 0.4) is 0 Å². The molecule has 3 rings (SSSR count). The first-order valence-corrected chi connectivity index (χ1v) is 11.0. The van der Waals surface area contributed by atoms with E-state index in [4.69, 9.17) is 0 Å². The highest BCUT2D eigenvalue weighted by Gasteiger charge is 2.24. The Bertz CT molecular complexity index is 945. The van der Waals surface area contributed by atoms with Gasteiger partial charge in [0.2, 0.25) is 11.8 Å². The lowest BCUT2D eigenvalue weighted by Gasteiger charge is -2.34. The molecule has 0 atom stereocenters. The Morgan fingerprint density at radius 2 is 1.59 bits per heavy atom. The molecule has 170 valence electrons. The molecule has 7 nitrogen and oxygen atoms in total. The zero-order valence-electron chi connectivity index (χ0n) is 19.1. The van der Waals surface area contributed by atoms with Crippen molar-refractivity contribution >= 4 is 23.4 Å². The van der Waals surface area contributed by atoms with E-state index in [2.05, 4.69) is 15.5 Å². The molecular weight excluding hydrogens is 404 g/mol. The van der Waals surface area contributed by atoms with Crippen LogP contribution in [-0.2, 0) is 16.1 Å². The van der Waals surface area contributed by atoms with Gasteiger partial charge in [0.1, 0.15) is 0 Å². The quantitative estimate of drug-likeness (QED) is 0.730. The number of nitrogens with zero attached hydrogens (tertiary/aromatic N) is 2. The average molecular weight is 437 g/mol. The molecule has 2 N–H and O–H groups in total. The lowest BCUT2D eigenvalue weighted by atomic mass is 9.95. The molecule has 1 saturated heterocycles. The molecule has 0 bridgehead atoms. The smallest absolute Gasteiger partial charge is 0.254 e. The van der Waals surface area contributed by atoms with Crippen molar-refractivity contribution in [3.05, 3.63) is 65.7 Å². The van der Waals surface area contributed by atoms with Crippen LogP contribution in [0.15, 0.2) is 54.6 Å². The molecule has 7 heteroatoms. The SMILES string of the molecule is CC(C)(C)C(=O)Nc1cccc(C(=O)N2CCN(CC(=O)NCc3ccccc3)CC2)c1. The maximum Gasteiger partial charge on any atom is 0.254 e. The van der Waals surface area contributed by atoms with Gasteiger partial charge in [-0.05, 0) is 23.8 Å². The maximum absolute atomic E-state index is 12.9. The van der Waals surface area contributed by atoms with Crippen molar-refractivity contribution in [3.63, 3.8) is 0 Å². The third-order valence-corrected chi connectivity index (χ3v) is 5.41. The average Bonchev–Trinajstić information content (AvgIpc) is 2.78. The topological polar surface area (TPSA) is 81.8 Å². The zero-order chi connectivity index (χ0) is 23.1. The number of benzene rings is 2. The van der Waals surface area contributed by atoms with Gasteiger partial charge < -0.3 is 15.5 Å². The molecule has 0 spiro atoms. The van der Waals surface area contributed by atoms with Crippen molar-refractivity contribution in [1.29, 1.82) is 0 Å². The number of carbonyl (C=O) groups is 3. The number of piperazine rings is 1. The van der Waals surface area contributed by atoms with Crippen molar-refractivity contribution in [2.75, 3.05) is 38.0 Å². The van der Waals surface area contributed by atoms with Gasteiger partial charge in [0, 0.05) is 49.4 Å². The van der Waals surface area contributed by atoms with Crippen LogP contribution >= 0.6 is 0 Å². The summed E-state index contributed by atoms with van der Waals surface area (Å²) in [6.45, 7) is 8.78. The Labute approximate surface area is 189 Å². The van der Waals surface area contributed by atoms with Gasteiger partial charge in [0.25, 0.3) is 5.91 Å². The largest absolute Gasteiger partial charge is 0.351 e. The van der Waals surface area contributed by atoms with E-state index in [0.717, 1.165) is 5.56 Å². The van der Waals surface area contributed by atoms with Crippen molar-refractivity contribution < 1.29 is 14.4 Å². The molecule has 0 saturated carbocycles. The minimum Gasteiger partial charge on any atom is -0.351 e. The first kappa shape index (κ1) is 23.5. The van der Waals surface area contributed by atoms with E-state index in [0.29, 0.717) is 50.5 Å². The molecule has 3 amide bonds. The van der Waals surface area contributed by atoms with Gasteiger partial charge in [0.05, 0.1) is 6.54 Å². The second kappa shape index (κ2) is 10.4. The molecule has 1 aliphatic rings. The van der Waals surface area contributed by atoms with Crippen LogP contribution in [0.25, 0.3) is 0 Å². The number of hydrogen-bond acceptors (Lipinski definition) is 4. The molecule has 0 aliphatic carbocycles. The van der Waals surface area contributed by atoms with Crippen molar-refractivity contribution in [2.45, 2.75) is 27.3 Å². The van der Waals surface area contributed by atoms with E-state index in [1.54, 1.807) is 29.2 Å². The summed E-state index contributed by atoms with van der Waals surface area (Å²) in [6, 6.07) is 16.9. The molecule has 1 aliphatic heterocycles. The predicted molar refractivity (Wildman–Crippen MR) is 125 cm³/mol. The predicted octanol–water partition coefficient (Wildman–Crippen LogP) is 2.75. The van der Waals surface area contributed by atoms with Gasteiger partial charge in [0.15, 0.2) is 0 Å². The van der Waals surface area contributed by atoms with Gasteiger partial charge in [-0.25, -0.2) is 0 Å². The van der Waals surface area contributed by atoms with Gasteiger partial charge in [-0.15, -0.1) is 0 Å². The lowest BCUT2D eigenvalue weighted by molar-refractivity contribution is -0.123. The Kier molecular flexibility index (Phi) is 7.64. The zero-order valence-corrected chi connectivity index (χ0v) is 19.1. The van der Waals surface area contributed by atoms with Crippen LogP contribution < -0.4 is 10.6 Å². The number of amides is 3. The highest BCUT2D eigenvalue weighted by atomic mass is 16.2. The van der Waals surface area contributed by atoms with Crippen LogP contribution in [-0.4, -0.2) is 60.2 Å². The summed E-state index contributed by atoms with van der Waals surface area (Å²) in [5.74, 6) is -0.179. The van der Waals surface area contributed by atoms with Crippen LogP contribution in [0.1, 0.15) is 36.7 Å². The summed E-state index contributed by atoms with van der Waals surface area (Å²) in [7, 11) is 0. The van der Waals surface area contributed by atoms with E-state index in [1.807, 2.05) is 51.1 Å². The monoisotopic (exact) mass is 436 g/mol. The van der Waals surface area contributed by atoms with Crippen molar-refractivity contribution in [1.82, 2.24) is 15.1 Å². The first-order valence-electron chi connectivity index (χ1n) is 11.0. The maximum atomic E-state index is 12.9. The molecule has 0 aromatic heterocycles. The van der Waals surface area contributed by atoms with Gasteiger partial charge in [-0.3, -0.25) is 19.3 Å². The summed E-state index contributed by atoms with van der Waals surface area (Å²) in [5.41, 5.74) is 1.72. The minimum atomic E-state index is -0.510. The summed E-state index contributed by atoms with van der Waals surface area (Å²) in [5, 5.41) is 5.81. The highest BCUT2D eigenvalue weighted by molar-refractivity contribution is 5.98. The van der Waals surface area contributed by atoms with Crippen molar-refractivity contribution in [2.24, 2.45) is 5.41 Å². The van der Waals surface area contributed by atoms with Crippen LogP contribution in [0.2, 0.25) is 0 Å². The molecule has 0 radical (unpaired) electrons. The molecule has 0 unspecified atom stereocenters. The van der Waals surface area contributed by atoms with E-state index in [1.165, 1.54) is 0 Å². The Morgan fingerprint density at radius 1 is 0.906 bits per heavy atom. The minimum absolute atomic E-state index is 0.0177. The van der Waals surface area contributed by atoms with Gasteiger partial charge in [-0.1, -0.05) is 57.2 Å². The van der Waals surface area contributed by atoms with Crippen LogP contribution in [0.4, 0.5) is 5.69 Å². The van der Waals surface area contributed by atoms with E-state index in [-0.39, 0.29) is 17.7 Å².